The fourth-order valence-electron chi connectivity index (χ4n) is 3.15. The summed E-state index contributed by atoms with van der Waals surface area (Å²) in [4.78, 5) is 35.6. The molecule has 0 atom stereocenters. The van der Waals surface area contributed by atoms with E-state index in [2.05, 4.69) is 20.6 Å². The molecule has 2 N–H and O–H groups in total. The Kier molecular flexibility index (Phi) is 5.73. The maximum Gasteiger partial charge on any atom is 0.255 e. The zero-order chi connectivity index (χ0) is 20.1. The molecule has 8 nitrogen and oxygen atoms in total. The Morgan fingerprint density at radius 1 is 0.931 bits per heavy atom. The Balaban J connectivity index is 1.45. The van der Waals surface area contributed by atoms with Crippen molar-refractivity contribution in [1.82, 2.24) is 14.9 Å². The maximum atomic E-state index is 12.7. The van der Waals surface area contributed by atoms with Crippen LogP contribution >= 0.6 is 0 Å². The second-order valence-electron chi connectivity index (χ2n) is 6.70. The molecule has 1 aromatic heterocycles. The first-order chi connectivity index (χ1) is 14.2. The first-order valence-corrected chi connectivity index (χ1v) is 9.40. The molecule has 0 bridgehead atoms. The van der Waals surface area contributed by atoms with Crippen LogP contribution in [-0.2, 0) is 9.53 Å². The maximum absolute atomic E-state index is 12.7. The van der Waals surface area contributed by atoms with Crippen molar-refractivity contribution in [2.45, 2.75) is 0 Å². The van der Waals surface area contributed by atoms with Gasteiger partial charge < -0.3 is 15.4 Å². The average molecular weight is 391 g/mol. The number of amides is 2. The number of para-hydroxylation sites is 2. The second kappa shape index (κ2) is 8.76. The molecule has 2 heterocycles. The van der Waals surface area contributed by atoms with Crippen molar-refractivity contribution in [2.75, 3.05) is 43.5 Å². The van der Waals surface area contributed by atoms with Crippen molar-refractivity contribution in [1.29, 1.82) is 0 Å². The number of benzene rings is 2. The monoisotopic (exact) mass is 391 g/mol. The summed E-state index contributed by atoms with van der Waals surface area (Å²) in [7, 11) is 0. The molecular weight excluding hydrogens is 370 g/mol. The van der Waals surface area contributed by atoms with E-state index in [0.717, 1.165) is 18.6 Å². The summed E-state index contributed by atoms with van der Waals surface area (Å²) >= 11 is 0. The Morgan fingerprint density at radius 2 is 1.62 bits per heavy atom. The van der Waals surface area contributed by atoms with E-state index in [0.29, 0.717) is 35.7 Å². The van der Waals surface area contributed by atoms with Gasteiger partial charge in [0, 0.05) is 31.0 Å². The molecule has 148 valence electrons. The predicted molar refractivity (Wildman–Crippen MR) is 110 cm³/mol. The first-order valence-electron chi connectivity index (χ1n) is 9.40. The van der Waals surface area contributed by atoms with Crippen LogP contribution in [0.4, 0.5) is 11.4 Å². The summed E-state index contributed by atoms with van der Waals surface area (Å²) in [5.74, 6) is -0.415. The zero-order valence-corrected chi connectivity index (χ0v) is 15.8. The van der Waals surface area contributed by atoms with Crippen LogP contribution in [0.15, 0.2) is 54.9 Å². The van der Waals surface area contributed by atoms with E-state index in [1.54, 1.807) is 48.8 Å². The van der Waals surface area contributed by atoms with Gasteiger partial charge in [0.25, 0.3) is 5.91 Å². The highest BCUT2D eigenvalue weighted by molar-refractivity contribution is 6.08. The van der Waals surface area contributed by atoms with Crippen LogP contribution in [0.5, 0.6) is 0 Å². The summed E-state index contributed by atoms with van der Waals surface area (Å²) in [6.07, 6.45) is 3.20. The molecule has 0 radical (unpaired) electrons. The lowest BCUT2D eigenvalue weighted by Gasteiger charge is -2.26. The molecule has 1 saturated heterocycles. The molecule has 4 rings (SSSR count). The molecule has 1 aliphatic rings. The quantitative estimate of drug-likeness (QED) is 0.692. The van der Waals surface area contributed by atoms with E-state index in [4.69, 9.17) is 4.74 Å². The number of anilines is 2. The first kappa shape index (κ1) is 19.0. The van der Waals surface area contributed by atoms with Crippen molar-refractivity contribution in [3.63, 3.8) is 0 Å². The number of morpholine rings is 1. The van der Waals surface area contributed by atoms with Gasteiger partial charge in [0.2, 0.25) is 5.91 Å². The van der Waals surface area contributed by atoms with Crippen molar-refractivity contribution in [3.8, 4) is 0 Å². The van der Waals surface area contributed by atoms with Gasteiger partial charge in [0.05, 0.1) is 42.2 Å². The molecule has 2 aromatic carbocycles. The van der Waals surface area contributed by atoms with Crippen molar-refractivity contribution in [3.05, 3.63) is 60.4 Å². The number of nitrogens with zero attached hydrogens (tertiary/aromatic N) is 3. The van der Waals surface area contributed by atoms with E-state index in [1.807, 2.05) is 11.0 Å². The predicted octanol–water partition coefficient (Wildman–Crippen LogP) is 2.15. The second-order valence-corrected chi connectivity index (χ2v) is 6.70. The Hall–Kier alpha value is -3.36. The van der Waals surface area contributed by atoms with Crippen LogP contribution in [0.1, 0.15) is 10.4 Å². The van der Waals surface area contributed by atoms with Crippen molar-refractivity contribution >= 4 is 34.2 Å². The van der Waals surface area contributed by atoms with E-state index in [1.165, 1.54) is 0 Å². The number of rotatable bonds is 5. The van der Waals surface area contributed by atoms with E-state index in [9.17, 15) is 9.59 Å². The third kappa shape index (κ3) is 4.74. The van der Waals surface area contributed by atoms with Crippen molar-refractivity contribution in [2.24, 2.45) is 0 Å². The minimum Gasteiger partial charge on any atom is -0.379 e. The average Bonchev–Trinajstić information content (AvgIpc) is 2.75. The molecule has 1 fully saturated rings. The van der Waals surface area contributed by atoms with Gasteiger partial charge in [-0.15, -0.1) is 0 Å². The number of carbonyl (C=O) groups is 2. The summed E-state index contributed by atoms with van der Waals surface area (Å²) in [5.41, 5.74) is 2.92. The molecule has 8 heteroatoms. The molecule has 3 aromatic rings. The number of hydrogen-bond donors (Lipinski definition) is 2. The Labute approximate surface area is 167 Å². The molecule has 1 aliphatic heterocycles. The van der Waals surface area contributed by atoms with Gasteiger partial charge in [-0.1, -0.05) is 12.1 Å². The van der Waals surface area contributed by atoms with E-state index < -0.39 is 0 Å². The smallest absolute Gasteiger partial charge is 0.255 e. The van der Waals surface area contributed by atoms with Crippen LogP contribution in [0.25, 0.3) is 11.0 Å². The minimum atomic E-state index is -0.285. The van der Waals surface area contributed by atoms with Gasteiger partial charge in [0.15, 0.2) is 0 Å². The third-order valence-corrected chi connectivity index (χ3v) is 4.65. The van der Waals surface area contributed by atoms with Gasteiger partial charge in [0.1, 0.15) is 0 Å². The van der Waals surface area contributed by atoms with Crippen molar-refractivity contribution < 1.29 is 14.3 Å². The number of aromatic nitrogens is 2. The van der Waals surface area contributed by atoms with Crippen LogP contribution in [0.3, 0.4) is 0 Å². The molecular formula is C21H21N5O3. The van der Waals surface area contributed by atoms with Gasteiger partial charge in [-0.2, -0.15) is 0 Å². The highest BCUT2D eigenvalue weighted by atomic mass is 16.5. The molecule has 0 saturated carbocycles. The van der Waals surface area contributed by atoms with Crippen LogP contribution in [0, 0.1) is 0 Å². The molecule has 0 unspecified atom stereocenters. The molecule has 2 amide bonds. The summed E-state index contributed by atoms with van der Waals surface area (Å²) < 4.78 is 5.30. The lowest BCUT2D eigenvalue weighted by atomic mass is 10.1. The number of carbonyl (C=O) groups excluding carboxylic acids is 2. The van der Waals surface area contributed by atoms with Gasteiger partial charge >= 0.3 is 0 Å². The van der Waals surface area contributed by atoms with Gasteiger partial charge in [-0.25, -0.2) is 0 Å². The largest absolute Gasteiger partial charge is 0.379 e. The fourth-order valence-corrected chi connectivity index (χ4v) is 3.15. The van der Waals surface area contributed by atoms with Crippen LogP contribution in [0.2, 0.25) is 0 Å². The SMILES string of the molecule is O=C(CN1CCOCC1)Nc1ccccc1NC(=O)c1ccc2nccnc2c1. The van der Waals surface area contributed by atoms with Gasteiger partial charge in [-0.3, -0.25) is 24.5 Å². The number of nitrogens with one attached hydrogen (secondary N) is 2. The molecule has 0 aliphatic carbocycles. The van der Waals surface area contributed by atoms with Crippen LogP contribution < -0.4 is 10.6 Å². The Morgan fingerprint density at radius 3 is 2.38 bits per heavy atom. The van der Waals surface area contributed by atoms with Gasteiger partial charge in [-0.05, 0) is 30.3 Å². The van der Waals surface area contributed by atoms with E-state index in [-0.39, 0.29) is 18.4 Å². The highest BCUT2D eigenvalue weighted by Gasteiger charge is 2.16. The lowest BCUT2D eigenvalue weighted by Crippen LogP contribution is -2.41. The fraction of sp³-hybridized carbons (Fsp3) is 0.238. The summed E-state index contributed by atoms with van der Waals surface area (Å²) in [5, 5.41) is 5.75. The lowest BCUT2D eigenvalue weighted by molar-refractivity contribution is -0.118. The Bertz CT molecular complexity index is 1030. The summed E-state index contributed by atoms with van der Waals surface area (Å²) in [6, 6.07) is 12.3. The normalized spacial score (nSPS) is 14.5. The molecule has 0 spiro atoms. The standard InChI is InChI=1S/C21H21N5O3/c27-20(14-26-9-11-29-12-10-26)24-17-3-1-2-4-18(17)25-21(28)15-5-6-16-19(13-15)23-8-7-22-16/h1-8,13H,9-12,14H2,(H,24,27)(H,25,28). The topological polar surface area (TPSA) is 96.5 Å². The number of ether oxygens (including phenoxy) is 1. The zero-order valence-electron chi connectivity index (χ0n) is 15.8. The van der Waals surface area contributed by atoms with Crippen LogP contribution in [-0.4, -0.2) is 59.5 Å². The number of hydrogen-bond acceptors (Lipinski definition) is 6. The molecule has 29 heavy (non-hydrogen) atoms. The third-order valence-electron chi connectivity index (χ3n) is 4.65. The highest BCUT2D eigenvalue weighted by Crippen LogP contribution is 2.22. The number of fused-ring (bicyclic) bond motifs is 1. The summed E-state index contributed by atoms with van der Waals surface area (Å²) in [6.45, 7) is 3.02. The van der Waals surface area contributed by atoms with E-state index >= 15 is 0 Å². The minimum absolute atomic E-state index is 0.130.